The first-order valence-electron chi connectivity index (χ1n) is 6.66. The number of carboxylic acids is 1. The van der Waals surface area contributed by atoms with Crippen molar-refractivity contribution in [3.8, 4) is 0 Å². The van der Waals surface area contributed by atoms with Crippen molar-refractivity contribution in [2.75, 3.05) is 18.1 Å². The molecule has 0 aromatic carbocycles. The second kappa shape index (κ2) is 6.53. The van der Waals surface area contributed by atoms with Crippen molar-refractivity contribution < 1.29 is 23.1 Å². The predicted octanol–water partition coefficient (Wildman–Crippen LogP) is -0.540. The minimum Gasteiger partial charge on any atom is -0.480 e. The van der Waals surface area contributed by atoms with Crippen molar-refractivity contribution in [3.05, 3.63) is 0 Å². The minimum absolute atomic E-state index is 0.0143. The number of nitrogens with two attached hydrogens (primary N) is 1. The molecule has 8 heteroatoms. The summed E-state index contributed by atoms with van der Waals surface area (Å²) in [7, 11) is -3.19. The third kappa shape index (κ3) is 4.17. The number of carboxylic acid groups (broad SMARTS) is 1. The number of hydrogen-bond acceptors (Lipinski definition) is 5. The van der Waals surface area contributed by atoms with Crippen molar-refractivity contribution in [1.29, 1.82) is 0 Å². The molecular formula is C12H22N2O5S. The quantitative estimate of drug-likeness (QED) is 0.680. The van der Waals surface area contributed by atoms with E-state index in [1.165, 1.54) is 0 Å². The lowest BCUT2D eigenvalue weighted by Crippen LogP contribution is -2.53. The number of hydrogen-bond donors (Lipinski definition) is 2. The lowest BCUT2D eigenvalue weighted by Gasteiger charge is -2.30. The molecule has 7 nitrogen and oxygen atoms in total. The molecule has 1 aliphatic rings. The highest BCUT2D eigenvalue weighted by atomic mass is 32.2. The fourth-order valence-corrected chi connectivity index (χ4v) is 3.97. The number of nitrogens with zero attached hydrogens (tertiary/aromatic N) is 1. The van der Waals surface area contributed by atoms with Crippen LogP contribution in [0.3, 0.4) is 0 Å². The lowest BCUT2D eigenvalue weighted by molar-refractivity contribution is -0.147. The predicted molar refractivity (Wildman–Crippen MR) is 73.8 cm³/mol. The van der Waals surface area contributed by atoms with E-state index in [0.717, 1.165) is 4.90 Å². The van der Waals surface area contributed by atoms with Gasteiger partial charge in [0.2, 0.25) is 5.91 Å². The summed E-state index contributed by atoms with van der Waals surface area (Å²) in [6.07, 6.45) is 0.964. The van der Waals surface area contributed by atoms with Gasteiger partial charge in [-0.2, -0.15) is 0 Å². The zero-order valence-corrected chi connectivity index (χ0v) is 12.6. The Balaban J connectivity index is 2.89. The molecule has 0 aromatic rings. The summed E-state index contributed by atoms with van der Waals surface area (Å²) < 4.78 is 23.0. The normalized spacial score (nSPS) is 24.1. The molecule has 1 saturated heterocycles. The van der Waals surface area contributed by atoms with Gasteiger partial charge < -0.3 is 15.7 Å². The van der Waals surface area contributed by atoms with Crippen molar-refractivity contribution in [1.82, 2.24) is 4.90 Å². The van der Waals surface area contributed by atoms with Gasteiger partial charge >= 0.3 is 5.97 Å². The Bertz CT molecular complexity index is 476. The summed E-state index contributed by atoms with van der Waals surface area (Å²) >= 11 is 0. The van der Waals surface area contributed by atoms with Crippen LogP contribution in [0.2, 0.25) is 0 Å². The molecule has 2 unspecified atom stereocenters. The largest absolute Gasteiger partial charge is 0.480 e. The van der Waals surface area contributed by atoms with Crippen LogP contribution in [-0.2, 0) is 19.4 Å². The van der Waals surface area contributed by atoms with Crippen LogP contribution in [0.4, 0.5) is 0 Å². The van der Waals surface area contributed by atoms with Crippen LogP contribution in [0.25, 0.3) is 0 Å². The fraction of sp³-hybridized carbons (Fsp3) is 0.833. The number of amides is 1. The molecule has 0 aliphatic carbocycles. The van der Waals surface area contributed by atoms with Crippen molar-refractivity contribution in [2.45, 2.75) is 38.8 Å². The third-order valence-corrected chi connectivity index (χ3v) is 5.53. The van der Waals surface area contributed by atoms with Gasteiger partial charge in [0.1, 0.15) is 6.54 Å². The van der Waals surface area contributed by atoms with Gasteiger partial charge in [-0.05, 0) is 12.3 Å². The number of carbonyl (C=O) groups is 2. The second-order valence-corrected chi connectivity index (χ2v) is 7.56. The summed E-state index contributed by atoms with van der Waals surface area (Å²) in [5.74, 6) is -1.93. The monoisotopic (exact) mass is 306 g/mol. The Morgan fingerprint density at radius 1 is 1.45 bits per heavy atom. The maximum atomic E-state index is 12.3. The van der Waals surface area contributed by atoms with E-state index in [0.29, 0.717) is 6.42 Å². The Kier molecular flexibility index (Phi) is 5.52. The molecule has 0 radical (unpaired) electrons. The molecule has 1 rings (SSSR count). The van der Waals surface area contributed by atoms with E-state index in [9.17, 15) is 18.0 Å². The van der Waals surface area contributed by atoms with E-state index >= 15 is 0 Å². The fourth-order valence-electron chi connectivity index (χ4n) is 2.24. The molecule has 1 fully saturated rings. The average molecular weight is 306 g/mol. The van der Waals surface area contributed by atoms with Crippen LogP contribution in [0.15, 0.2) is 0 Å². The highest BCUT2D eigenvalue weighted by molar-refractivity contribution is 7.91. The van der Waals surface area contributed by atoms with Crippen LogP contribution < -0.4 is 5.73 Å². The summed E-state index contributed by atoms with van der Waals surface area (Å²) in [5.41, 5.74) is 5.85. The molecule has 3 N–H and O–H groups in total. The molecule has 0 saturated carbocycles. The van der Waals surface area contributed by atoms with Crippen LogP contribution in [0, 0.1) is 5.92 Å². The van der Waals surface area contributed by atoms with Gasteiger partial charge in [0.15, 0.2) is 9.84 Å². The highest BCUT2D eigenvalue weighted by Crippen LogP contribution is 2.20. The first kappa shape index (κ1) is 16.9. The van der Waals surface area contributed by atoms with E-state index in [-0.39, 0.29) is 23.8 Å². The van der Waals surface area contributed by atoms with Crippen molar-refractivity contribution >= 4 is 21.7 Å². The van der Waals surface area contributed by atoms with Gasteiger partial charge in [-0.15, -0.1) is 0 Å². The van der Waals surface area contributed by atoms with Crippen LogP contribution in [-0.4, -0.2) is 60.4 Å². The molecule has 0 bridgehead atoms. The zero-order valence-electron chi connectivity index (χ0n) is 11.8. The molecule has 1 amide bonds. The van der Waals surface area contributed by atoms with Crippen LogP contribution in [0.1, 0.15) is 26.7 Å². The zero-order chi connectivity index (χ0) is 15.5. The van der Waals surface area contributed by atoms with E-state index in [2.05, 4.69) is 0 Å². The van der Waals surface area contributed by atoms with E-state index < -0.39 is 40.3 Å². The van der Waals surface area contributed by atoms with Gasteiger partial charge in [0.25, 0.3) is 0 Å². The summed E-state index contributed by atoms with van der Waals surface area (Å²) in [5, 5.41) is 8.92. The van der Waals surface area contributed by atoms with E-state index in [1.54, 1.807) is 0 Å². The highest BCUT2D eigenvalue weighted by Gasteiger charge is 2.37. The average Bonchev–Trinajstić information content (AvgIpc) is 2.73. The maximum Gasteiger partial charge on any atom is 0.323 e. The molecule has 3 atom stereocenters. The van der Waals surface area contributed by atoms with Gasteiger partial charge in [0, 0.05) is 6.04 Å². The van der Waals surface area contributed by atoms with Crippen molar-refractivity contribution in [2.24, 2.45) is 11.7 Å². The SMILES string of the molecule is CCC(C)[C@H](N)C(=O)N(CC(=O)O)C1CCS(=O)(=O)C1. The van der Waals surface area contributed by atoms with Crippen molar-refractivity contribution in [3.63, 3.8) is 0 Å². The molecule has 0 aromatic heterocycles. The van der Waals surface area contributed by atoms with Crippen LogP contribution in [0.5, 0.6) is 0 Å². The number of carbonyl (C=O) groups excluding carboxylic acids is 1. The molecular weight excluding hydrogens is 284 g/mol. The first-order valence-corrected chi connectivity index (χ1v) is 8.48. The standard InChI is InChI=1S/C12H22N2O5S/c1-3-8(2)11(13)12(17)14(6-10(15)16)9-4-5-20(18,19)7-9/h8-9,11H,3-7,13H2,1-2H3,(H,15,16)/t8?,9?,11-/m0/s1. The van der Waals surface area contributed by atoms with Gasteiger partial charge in [-0.3, -0.25) is 9.59 Å². The lowest BCUT2D eigenvalue weighted by atomic mass is 9.98. The molecule has 0 spiro atoms. The Morgan fingerprint density at radius 2 is 2.05 bits per heavy atom. The molecule has 116 valence electrons. The summed E-state index contributed by atoms with van der Waals surface area (Å²) in [6.45, 7) is 3.19. The topological polar surface area (TPSA) is 118 Å². The smallest absolute Gasteiger partial charge is 0.323 e. The molecule has 1 aliphatic heterocycles. The number of aliphatic carboxylic acids is 1. The Morgan fingerprint density at radius 3 is 2.45 bits per heavy atom. The Hall–Kier alpha value is -1.15. The first-order chi connectivity index (χ1) is 9.18. The van der Waals surface area contributed by atoms with E-state index in [4.69, 9.17) is 10.8 Å². The maximum absolute atomic E-state index is 12.3. The number of rotatable bonds is 6. The Labute approximate surface area is 119 Å². The van der Waals surface area contributed by atoms with Gasteiger partial charge in [0.05, 0.1) is 17.5 Å². The second-order valence-electron chi connectivity index (χ2n) is 5.33. The van der Waals surface area contributed by atoms with Gasteiger partial charge in [-0.25, -0.2) is 8.42 Å². The summed E-state index contributed by atoms with van der Waals surface area (Å²) in [4.78, 5) is 24.3. The van der Waals surface area contributed by atoms with E-state index in [1.807, 2.05) is 13.8 Å². The third-order valence-electron chi connectivity index (χ3n) is 3.78. The summed E-state index contributed by atoms with van der Waals surface area (Å²) in [6, 6.07) is -1.39. The minimum atomic E-state index is -3.19. The number of sulfone groups is 1. The molecule has 1 heterocycles. The molecule has 20 heavy (non-hydrogen) atoms. The van der Waals surface area contributed by atoms with Crippen LogP contribution >= 0.6 is 0 Å². The van der Waals surface area contributed by atoms with Gasteiger partial charge in [-0.1, -0.05) is 20.3 Å².